The largest absolute Gasteiger partial charge is 0.377 e. The van der Waals surface area contributed by atoms with E-state index < -0.39 is 0 Å². The molecule has 5 heteroatoms. The highest BCUT2D eigenvalue weighted by molar-refractivity contribution is 6.29. The lowest BCUT2D eigenvalue weighted by Crippen LogP contribution is -2.42. The van der Waals surface area contributed by atoms with Gasteiger partial charge < -0.3 is 10.1 Å². The molecule has 0 aliphatic carbocycles. The second-order valence-electron chi connectivity index (χ2n) is 6.17. The second-order valence-corrected chi connectivity index (χ2v) is 6.55. The molecule has 2 atom stereocenters. The van der Waals surface area contributed by atoms with Crippen LogP contribution >= 0.6 is 11.6 Å². The van der Waals surface area contributed by atoms with Gasteiger partial charge in [-0.1, -0.05) is 32.4 Å². The Morgan fingerprint density at radius 3 is 2.89 bits per heavy atom. The molecule has 19 heavy (non-hydrogen) atoms. The number of aromatic nitrogens is 2. The van der Waals surface area contributed by atoms with Gasteiger partial charge in [0, 0.05) is 19.1 Å². The first-order chi connectivity index (χ1) is 8.97. The molecule has 2 heterocycles. The first-order valence-corrected chi connectivity index (χ1v) is 7.17. The van der Waals surface area contributed by atoms with Gasteiger partial charge in [0.05, 0.1) is 18.5 Å². The van der Waals surface area contributed by atoms with Crippen molar-refractivity contribution in [2.24, 2.45) is 11.3 Å². The van der Waals surface area contributed by atoms with Gasteiger partial charge in [0.1, 0.15) is 11.0 Å². The van der Waals surface area contributed by atoms with Gasteiger partial charge in [-0.2, -0.15) is 0 Å². The van der Waals surface area contributed by atoms with Crippen molar-refractivity contribution in [1.29, 1.82) is 0 Å². The Morgan fingerprint density at radius 1 is 1.42 bits per heavy atom. The van der Waals surface area contributed by atoms with Crippen LogP contribution in [0.2, 0.25) is 5.15 Å². The molecule has 1 aliphatic rings. The number of hydrogen-bond acceptors (Lipinski definition) is 4. The van der Waals surface area contributed by atoms with Crippen LogP contribution in [0.1, 0.15) is 33.6 Å². The molecule has 106 valence electrons. The van der Waals surface area contributed by atoms with Crippen molar-refractivity contribution in [2.75, 3.05) is 18.5 Å². The summed E-state index contributed by atoms with van der Waals surface area (Å²) < 4.78 is 5.97. The third-order valence-corrected chi connectivity index (χ3v) is 3.63. The van der Waals surface area contributed by atoms with E-state index in [9.17, 15) is 0 Å². The number of rotatable bonds is 3. The van der Waals surface area contributed by atoms with Gasteiger partial charge in [0.2, 0.25) is 0 Å². The number of hydrogen-bond donors (Lipinski definition) is 1. The average Bonchev–Trinajstić information content (AvgIpc) is 2.36. The normalized spacial score (nSPS) is 24.2. The Balaban J connectivity index is 1.97. The molecule has 0 spiro atoms. The van der Waals surface area contributed by atoms with Gasteiger partial charge in [-0.3, -0.25) is 4.98 Å². The summed E-state index contributed by atoms with van der Waals surface area (Å²) in [4.78, 5) is 8.22. The van der Waals surface area contributed by atoms with Crippen molar-refractivity contribution in [3.8, 4) is 0 Å². The molecule has 4 nitrogen and oxygen atoms in total. The summed E-state index contributed by atoms with van der Waals surface area (Å²) in [6, 6.07) is 0. The van der Waals surface area contributed by atoms with Crippen molar-refractivity contribution in [3.63, 3.8) is 0 Å². The highest BCUT2D eigenvalue weighted by Gasteiger charge is 2.35. The van der Waals surface area contributed by atoms with Crippen molar-refractivity contribution >= 4 is 17.4 Å². The minimum Gasteiger partial charge on any atom is -0.377 e. The van der Waals surface area contributed by atoms with Crippen LogP contribution in [0.3, 0.4) is 0 Å². The van der Waals surface area contributed by atoms with Crippen LogP contribution in [0, 0.1) is 11.3 Å². The smallest absolute Gasteiger partial charge is 0.149 e. The molecule has 1 aromatic rings. The Morgan fingerprint density at radius 2 is 2.21 bits per heavy atom. The fraction of sp³-hybridized carbons (Fsp3) is 0.714. The predicted octanol–water partition coefficient (Wildman–Crippen LogP) is 3.38. The molecule has 0 radical (unpaired) electrons. The molecule has 1 aromatic heterocycles. The standard InChI is InChI=1S/C14H22ClN3O/c1-14(2,3)13-10(5-4-6-19-13)7-17-12-9-16-8-11(15)18-12/h8-10,13H,4-7H2,1-3H3,(H,17,18). The molecule has 1 N–H and O–H groups in total. The molecule has 2 unspecified atom stereocenters. The fourth-order valence-corrected chi connectivity index (χ4v) is 2.82. The highest BCUT2D eigenvalue weighted by Crippen LogP contribution is 2.34. The number of anilines is 1. The van der Waals surface area contributed by atoms with Crippen molar-refractivity contribution < 1.29 is 4.74 Å². The third kappa shape index (κ3) is 4.05. The van der Waals surface area contributed by atoms with E-state index in [1.807, 2.05) is 0 Å². The maximum atomic E-state index is 5.97. The molecule has 1 fully saturated rings. The third-order valence-electron chi connectivity index (χ3n) is 3.45. The zero-order valence-corrected chi connectivity index (χ0v) is 12.6. The maximum absolute atomic E-state index is 5.97. The summed E-state index contributed by atoms with van der Waals surface area (Å²) >= 11 is 5.83. The molecule has 0 aromatic carbocycles. The molecule has 0 bridgehead atoms. The van der Waals surface area contributed by atoms with Crippen molar-refractivity contribution in [2.45, 2.75) is 39.7 Å². The Kier molecular flexibility index (Phi) is 4.63. The van der Waals surface area contributed by atoms with Crippen LogP contribution in [-0.4, -0.2) is 29.2 Å². The van der Waals surface area contributed by atoms with Crippen LogP contribution in [0.15, 0.2) is 12.4 Å². The minimum absolute atomic E-state index is 0.160. The maximum Gasteiger partial charge on any atom is 0.149 e. The van der Waals surface area contributed by atoms with Gasteiger partial charge in [-0.15, -0.1) is 0 Å². The number of ether oxygens (including phenoxy) is 1. The highest BCUT2D eigenvalue weighted by atomic mass is 35.5. The first kappa shape index (κ1) is 14.5. The van der Waals surface area contributed by atoms with Gasteiger partial charge in [0.15, 0.2) is 0 Å². The van der Waals surface area contributed by atoms with Crippen LogP contribution in [0.4, 0.5) is 5.82 Å². The molecule has 0 amide bonds. The van der Waals surface area contributed by atoms with E-state index in [1.165, 1.54) is 12.6 Å². The zero-order chi connectivity index (χ0) is 13.9. The van der Waals surface area contributed by atoms with Crippen LogP contribution in [0.25, 0.3) is 0 Å². The number of nitrogens with one attached hydrogen (secondary N) is 1. The average molecular weight is 284 g/mol. The SMILES string of the molecule is CC(C)(C)C1OCCCC1CNc1cncc(Cl)n1. The monoisotopic (exact) mass is 283 g/mol. The predicted molar refractivity (Wildman–Crippen MR) is 77.5 cm³/mol. The Bertz CT molecular complexity index is 419. The fourth-order valence-electron chi connectivity index (χ4n) is 2.67. The number of nitrogens with zero attached hydrogens (tertiary/aromatic N) is 2. The summed E-state index contributed by atoms with van der Waals surface area (Å²) in [6.07, 6.45) is 5.82. The van der Waals surface area contributed by atoms with E-state index in [0.717, 1.165) is 25.4 Å². The van der Waals surface area contributed by atoms with Crippen LogP contribution in [0.5, 0.6) is 0 Å². The van der Waals surface area contributed by atoms with Gasteiger partial charge in [-0.05, 0) is 18.3 Å². The van der Waals surface area contributed by atoms with Gasteiger partial charge in [-0.25, -0.2) is 4.98 Å². The van der Waals surface area contributed by atoms with Gasteiger partial charge >= 0.3 is 0 Å². The Hall–Kier alpha value is -0.870. The van der Waals surface area contributed by atoms with E-state index >= 15 is 0 Å². The molecule has 1 saturated heterocycles. The summed E-state index contributed by atoms with van der Waals surface area (Å²) in [6.45, 7) is 8.41. The van der Waals surface area contributed by atoms with E-state index in [4.69, 9.17) is 16.3 Å². The van der Waals surface area contributed by atoms with E-state index in [2.05, 4.69) is 36.1 Å². The second kappa shape index (κ2) is 6.06. The topological polar surface area (TPSA) is 47.0 Å². The minimum atomic E-state index is 0.160. The molecule has 1 aliphatic heterocycles. The number of halogens is 1. The van der Waals surface area contributed by atoms with E-state index in [0.29, 0.717) is 11.1 Å². The lowest BCUT2D eigenvalue weighted by molar-refractivity contribution is -0.0814. The van der Waals surface area contributed by atoms with Crippen molar-refractivity contribution in [3.05, 3.63) is 17.5 Å². The molecule has 2 rings (SSSR count). The van der Waals surface area contributed by atoms with Crippen molar-refractivity contribution in [1.82, 2.24) is 9.97 Å². The van der Waals surface area contributed by atoms with Gasteiger partial charge in [0.25, 0.3) is 0 Å². The Labute approximate surface area is 119 Å². The quantitative estimate of drug-likeness (QED) is 0.924. The lowest BCUT2D eigenvalue weighted by atomic mass is 9.78. The lowest BCUT2D eigenvalue weighted by Gasteiger charge is -2.40. The summed E-state index contributed by atoms with van der Waals surface area (Å²) in [5.74, 6) is 1.22. The summed E-state index contributed by atoms with van der Waals surface area (Å²) in [7, 11) is 0. The molecule has 0 saturated carbocycles. The summed E-state index contributed by atoms with van der Waals surface area (Å²) in [5.41, 5.74) is 0.160. The van der Waals surface area contributed by atoms with E-state index in [1.54, 1.807) is 6.20 Å². The van der Waals surface area contributed by atoms with Crippen LogP contribution in [-0.2, 0) is 4.74 Å². The van der Waals surface area contributed by atoms with Crippen LogP contribution < -0.4 is 5.32 Å². The molecular weight excluding hydrogens is 262 g/mol. The van der Waals surface area contributed by atoms with E-state index in [-0.39, 0.29) is 11.5 Å². The zero-order valence-electron chi connectivity index (χ0n) is 11.8. The molecular formula is C14H22ClN3O. The first-order valence-electron chi connectivity index (χ1n) is 6.80. The summed E-state index contributed by atoms with van der Waals surface area (Å²) in [5, 5.41) is 3.73.